The van der Waals surface area contributed by atoms with Gasteiger partial charge in [-0.3, -0.25) is 0 Å². The summed E-state index contributed by atoms with van der Waals surface area (Å²) in [4.78, 5) is 0. The standard InChI is InChI=1S/C20H38OSi/c1-13-7-8-14(2)18(13)17-6-5-11-20(17,12-21-22)19-15(3)9-10-16(19)4/h13-19H,5-12H2,1-4,22H3. The van der Waals surface area contributed by atoms with Crippen LogP contribution in [0.1, 0.15) is 72.6 Å². The summed E-state index contributed by atoms with van der Waals surface area (Å²) < 4.78 is 6.04. The first kappa shape index (κ1) is 17.0. The smallest absolute Gasteiger partial charge is 0.145 e. The van der Waals surface area contributed by atoms with Crippen LogP contribution in [-0.4, -0.2) is 17.1 Å². The van der Waals surface area contributed by atoms with Crippen LogP contribution in [0.3, 0.4) is 0 Å². The lowest BCUT2D eigenvalue weighted by Gasteiger charge is -2.48. The van der Waals surface area contributed by atoms with E-state index in [4.69, 9.17) is 4.43 Å². The van der Waals surface area contributed by atoms with Crippen LogP contribution in [0.15, 0.2) is 0 Å². The first-order chi connectivity index (χ1) is 10.5. The first-order valence-corrected chi connectivity index (χ1v) is 10.8. The van der Waals surface area contributed by atoms with Gasteiger partial charge in [-0.05, 0) is 59.7 Å². The SMILES string of the molecule is CC1CCC(C)C1C1CCCC1(CO[SiH3])C1C(C)CCC1C. The summed E-state index contributed by atoms with van der Waals surface area (Å²) in [5, 5.41) is 0. The molecule has 3 saturated carbocycles. The molecule has 128 valence electrons. The molecule has 3 fully saturated rings. The van der Waals surface area contributed by atoms with Gasteiger partial charge in [0.15, 0.2) is 0 Å². The number of hydrogen-bond donors (Lipinski definition) is 0. The predicted octanol–water partition coefficient (Wildman–Crippen LogP) is 4.43. The molecule has 22 heavy (non-hydrogen) atoms. The molecule has 0 aliphatic heterocycles. The quantitative estimate of drug-likeness (QED) is 0.696. The van der Waals surface area contributed by atoms with E-state index in [2.05, 4.69) is 27.7 Å². The summed E-state index contributed by atoms with van der Waals surface area (Å²) in [5.74, 6) is 6.56. The van der Waals surface area contributed by atoms with E-state index >= 15 is 0 Å². The highest BCUT2D eigenvalue weighted by Crippen LogP contribution is 2.62. The molecule has 0 aromatic rings. The van der Waals surface area contributed by atoms with Crippen molar-refractivity contribution in [3.05, 3.63) is 0 Å². The van der Waals surface area contributed by atoms with Gasteiger partial charge in [-0.15, -0.1) is 0 Å². The minimum absolute atomic E-state index is 0.522. The monoisotopic (exact) mass is 322 g/mol. The zero-order chi connectivity index (χ0) is 15.9. The van der Waals surface area contributed by atoms with E-state index in [9.17, 15) is 0 Å². The Kier molecular flexibility index (Phi) is 5.09. The summed E-state index contributed by atoms with van der Waals surface area (Å²) >= 11 is 0. The molecule has 6 unspecified atom stereocenters. The van der Waals surface area contributed by atoms with Crippen molar-refractivity contribution < 1.29 is 4.43 Å². The molecule has 3 rings (SSSR count). The molecule has 0 bridgehead atoms. The average molecular weight is 323 g/mol. The molecule has 0 saturated heterocycles. The van der Waals surface area contributed by atoms with Gasteiger partial charge in [-0.2, -0.15) is 0 Å². The molecule has 0 heterocycles. The van der Waals surface area contributed by atoms with E-state index in [0.717, 1.165) is 58.5 Å². The lowest BCUT2D eigenvalue weighted by Crippen LogP contribution is -2.46. The van der Waals surface area contributed by atoms with Gasteiger partial charge in [-0.25, -0.2) is 0 Å². The second kappa shape index (κ2) is 6.59. The summed E-state index contributed by atoms with van der Waals surface area (Å²) in [7, 11) is 0.910. The average Bonchev–Trinajstić information content (AvgIpc) is 3.11. The zero-order valence-electron chi connectivity index (χ0n) is 15.6. The third-order valence-electron chi connectivity index (χ3n) is 8.13. The van der Waals surface area contributed by atoms with Gasteiger partial charge in [0.2, 0.25) is 0 Å². The largest absolute Gasteiger partial charge is 0.427 e. The van der Waals surface area contributed by atoms with Crippen molar-refractivity contribution in [2.75, 3.05) is 6.61 Å². The second-order valence-electron chi connectivity index (χ2n) is 9.33. The molecule has 6 atom stereocenters. The summed E-state index contributed by atoms with van der Waals surface area (Å²) in [6.07, 6.45) is 10.2. The van der Waals surface area contributed by atoms with Gasteiger partial charge in [0.25, 0.3) is 0 Å². The minimum atomic E-state index is 0.522. The summed E-state index contributed by atoms with van der Waals surface area (Å²) in [5.41, 5.74) is 0.522. The van der Waals surface area contributed by atoms with Gasteiger partial charge in [0.1, 0.15) is 10.5 Å². The Hall–Kier alpha value is 0.177. The molecule has 2 heteroatoms. The van der Waals surface area contributed by atoms with Crippen molar-refractivity contribution >= 4 is 10.5 Å². The topological polar surface area (TPSA) is 9.23 Å². The van der Waals surface area contributed by atoms with Crippen LogP contribution in [0.5, 0.6) is 0 Å². The molecule has 0 spiro atoms. The molecule has 0 amide bonds. The Morgan fingerprint density at radius 3 is 1.95 bits per heavy atom. The molecule has 0 radical (unpaired) electrons. The summed E-state index contributed by atoms with van der Waals surface area (Å²) in [6, 6.07) is 0. The Balaban J connectivity index is 1.94. The second-order valence-corrected chi connectivity index (χ2v) is 9.91. The Morgan fingerprint density at radius 2 is 1.41 bits per heavy atom. The highest BCUT2D eigenvalue weighted by Gasteiger charge is 2.56. The van der Waals surface area contributed by atoms with E-state index in [1.165, 1.54) is 44.9 Å². The van der Waals surface area contributed by atoms with E-state index in [-0.39, 0.29) is 0 Å². The van der Waals surface area contributed by atoms with E-state index in [0.29, 0.717) is 5.41 Å². The van der Waals surface area contributed by atoms with Gasteiger partial charge >= 0.3 is 0 Å². The van der Waals surface area contributed by atoms with Crippen molar-refractivity contribution in [3.63, 3.8) is 0 Å². The van der Waals surface area contributed by atoms with Crippen LogP contribution in [0, 0.1) is 46.8 Å². The molecule has 3 aliphatic rings. The predicted molar refractivity (Wildman–Crippen MR) is 97.8 cm³/mol. The molecule has 0 N–H and O–H groups in total. The highest BCUT2D eigenvalue weighted by atomic mass is 28.2. The van der Waals surface area contributed by atoms with Crippen LogP contribution < -0.4 is 0 Å². The maximum Gasteiger partial charge on any atom is 0.145 e. The zero-order valence-corrected chi connectivity index (χ0v) is 17.6. The number of hydrogen-bond acceptors (Lipinski definition) is 1. The molecule has 3 aliphatic carbocycles. The lowest BCUT2D eigenvalue weighted by atomic mass is 9.58. The Bertz CT molecular complexity index is 364. The Labute approximate surface area is 141 Å². The molecule has 0 aromatic carbocycles. The minimum Gasteiger partial charge on any atom is -0.427 e. The fourth-order valence-corrected chi connectivity index (χ4v) is 8.04. The molecular formula is C20H38OSi. The van der Waals surface area contributed by atoms with Gasteiger partial charge in [0, 0.05) is 6.61 Å². The van der Waals surface area contributed by atoms with Crippen molar-refractivity contribution in [3.8, 4) is 0 Å². The third kappa shape index (κ3) is 2.62. The third-order valence-corrected chi connectivity index (χ3v) is 8.42. The molecule has 0 aromatic heterocycles. The van der Waals surface area contributed by atoms with E-state index in [1.54, 1.807) is 0 Å². The van der Waals surface area contributed by atoms with E-state index < -0.39 is 0 Å². The van der Waals surface area contributed by atoms with Crippen LogP contribution in [0.2, 0.25) is 0 Å². The van der Waals surface area contributed by atoms with Crippen LogP contribution in [-0.2, 0) is 4.43 Å². The van der Waals surface area contributed by atoms with Crippen molar-refractivity contribution in [1.29, 1.82) is 0 Å². The van der Waals surface area contributed by atoms with Crippen LogP contribution in [0.4, 0.5) is 0 Å². The lowest BCUT2D eigenvalue weighted by molar-refractivity contribution is -0.0333. The first-order valence-electron chi connectivity index (χ1n) is 10.00. The number of rotatable bonds is 4. The maximum atomic E-state index is 6.04. The van der Waals surface area contributed by atoms with Crippen LogP contribution in [0.25, 0.3) is 0 Å². The van der Waals surface area contributed by atoms with Gasteiger partial charge in [0.05, 0.1) is 0 Å². The van der Waals surface area contributed by atoms with Gasteiger partial charge < -0.3 is 4.43 Å². The fraction of sp³-hybridized carbons (Fsp3) is 1.00. The molecule has 1 nitrogen and oxygen atoms in total. The van der Waals surface area contributed by atoms with Gasteiger partial charge in [-0.1, -0.05) is 59.8 Å². The van der Waals surface area contributed by atoms with Crippen LogP contribution >= 0.6 is 0 Å². The maximum absolute atomic E-state index is 6.04. The summed E-state index contributed by atoms with van der Waals surface area (Å²) in [6.45, 7) is 11.2. The normalized spacial score (nSPS) is 52.6. The van der Waals surface area contributed by atoms with E-state index in [1.807, 2.05) is 0 Å². The van der Waals surface area contributed by atoms with Crippen molar-refractivity contribution in [2.24, 2.45) is 46.8 Å². The Morgan fingerprint density at radius 1 is 0.864 bits per heavy atom. The van der Waals surface area contributed by atoms with Crippen molar-refractivity contribution in [1.82, 2.24) is 0 Å². The molecular weight excluding hydrogens is 284 g/mol. The van der Waals surface area contributed by atoms with Crippen molar-refractivity contribution in [2.45, 2.75) is 72.6 Å². The fourth-order valence-electron chi connectivity index (χ4n) is 7.50. The highest BCUT2D eigenvalue weighted by molar-refractivity contribution is 5.97.